The summed E-state index contributed by atoms with van der Waals surface area (Å²) in [5.41, 5.74) is 1.56. The average Bonchev–Trinajstić information content (AvgIpc) is 2.15. The second-order valence-corrected chi connectivity index (χ2v) is 5.05. The van der Waals surface area contributed by atoms with Gasteiger partial charge in [0.25, 0.3) is 0 Å². The van der Waals surface area contributed by atoms with Crippen LogP contribution in [0.3, 0.4) is 0 Å². The third-order valence-corrected chi connectivity index (χ3v) is 2.74. The Kier molecular flexibility index (Phi) is 3.90. The molecule has 0 unspecified atom stereocenters. The van der Waals surface area contributed by atoms with Crippen LogP contribution in [0.15, 0.2) is 34.9 Å². The Morgan fingerprint density at radius 3 is 2.65 bits per heavy atom. The number of aliphatic carboxylic acids is 1. The van der Waals surface area contributed by atoms with Gasteiger partial charge in [0.15, 0.2) is 0 Å². The first kappa shape index (κ1) is 13.2. The molecule has 0 fully saturated rings. The lowest BCUT2D eigenvalue weighted by Crippen LogP contribution is -2.19. The van der Waals surface area contributed by atoms with Gasteiger partial charge in [-0.05, 0) is 36.3 Å². The number of carboxylic acid groups (broad SMARTS) is 1. The van der Waals surface area contributed by atoms with Crippen LogP contribution < -0.4 is 0 Å². The van der Waals surface area contributed by atoms with Gasteiger partial charge in [0.2, 0.25) is 0 Å². The van der Waals surface area contributed by atoms with Gasteiger partial charge in [-0.3, -0.25) is 0 Å². The van der Waals surface area contributed by atoms with Crippen LogP contribution in [0.5, 0.6) is 0 Å². The molecule has 0 radical (unpaired) electrons. The maximum absolute atomic E-state index is 11.0. The molecule has 90 valence electrons. The standard InChI is InChI=1S/C14H17NO2/c1-4-5-10-6-11(8-14(2,3)7-10)12(9-15)13(16)17/h4-6H,7-8H2,1-3H3,(H,16,17)/b5-4+,12-11-. The minimum atomic E-state index is -1.14. The van der Waals surface area contributed by atoms with Gasteiger partial charge in [-0.15, -0.1) is 0 Å². The van der Waals surface area contributed by atoms with Crippen molar-refractivity contribution in [3.63, 3.8) is 0 Å². The van der Waals surface area contributed by atoms with Crippen LogP contribution in [0.4, 0.5) is 0 Å². The molecule has 0 aromatic carbocycles. The molecule has 1 rings (SSSR count). The van der Waals surface area contributed by atoms with Gasteiger partial charge in [-0.2, -0.15) is 5.26 Å². The third-order valence-electron chi connectivity index (χ3n) is 2.74. The van der Waals surface area contributed by atoms with E-state index >= 15 is 0 Å². The molecule has 0 heterocycles. The summed E-state index contributed by atoms with van der Waals surface area (Å²) in [5, 5.41) is 17.9. The van der Waals surface area contributed by atoms with Gasteiger partial charge in [-0.1, -0.05) is 32.1 Å². The highest BCUT2D eigenvalue weighted by Crippen LogP contribution is 2.39. The molecule has 0 spiro atoms. The molecule has 1 N–H and O–H groups in total. The highest BCUT2D eigenvalue weighted by Gasteiger charge is 2.27. The normalized spacial score (nSPS) is 21.9. The second-order valence-electron chi connectivity index (χ2n) is 5.05. The molecule has 0 atom stereocenters. The fraction of sp³-hybridized carbons (Fsp3) is 0.429. The minimum Gasteiger partial charge on any atom is -0.477 e. The van der Waals surface area contributed by atoms with Crippen LogP contribution in [0.2, 0.25) is 0 Å². The molecule has 1 aliphatic carbocycles. The first-order valence-corrected chi connectivity index (χ1v) is 5.59. The fourth-order valence-electron chi connectivity index (χ4n) is 2.20. The highest BCUT2D eigenvalue weighted by molar-refractivity contribution is 5.92. The van der Waals surface area contributed by atoms with E-state index in [1.807, 2.05) is 25.2 Å². The molecule has 1 aliphatic rings. The van der Waals surface area contributed by atoms with Crippen LogP contribution in [0, 0.1) is 16.7 Å². The van der Waals surface area contributed by atoms with Gasteiger partial charge in [0.1, 0.15) is 11.6 Å². The van der Waals surface area contributed by atoms with Crippen molar-refractivity contribution >= 4 is 5.97 Å². The van der Waals surface area contributed by atoms with E-state index in [-0.39, 0.29) is 11.0 Å². The van der Waals surface area contributed by atoms with Gasteiger partial charge in [0.05, 0.1) is 0 Å². The topological polar surface area (TPSA) is 61.1 Å². The Bertz CT molecular complexity index is 459. The van der Waals surface area contributed by atoms with E-state index < -0.39 is 5.97 Å². The van der Waals surface area contributed by atoms with Crippen LogP contribution in [0.25, 0.3) is 0 Å². The molecule has 0 saturated carbocycles. The van der Waals surface area contributed by atoms with Crippen molar-refractivity contribution in [2.24, 2.45) is 5.41 Å². The number of carbonyl (C=O) groups is 1. The van der Waals surface area contributed by atoms with Crippen LogP contribution in [-0.4, -0.2) is 11.1 Å². The van der Waals surface area contributed by atoms with Gasteiger partial charge in [0, 0.05) is 0 Å². The van der Waals surface area contributed by atoms with E-state index in [0.717, 1.165) is 12.0 Å². The van der Waals surface area contributed by atoms with E-state index in [9.17, 15) is 4.79 Å². The molecule has 0 aliphatic heterocycles. The number of hydrogen-bond acceptors (Lipinski definition) is 2. The van der Waals surface area contributed by atoms with Crippen LogP contribution in [-0.2, 0) is 4.79 Å². The highest BCUT2D eigenvalue weighted by atomic mass is 16.4. The van der Waals surface area contributed by atoms with Crippen molar-refractivity contribution in [2.75, 3.05) is 0 Å². The summed E-state index contributed by atoms with van der Waals surface area (Å²) in [5.74, 6) is -1.14. The van der Waals surface area contributed by atoms with E-state index in [0.29, 0.717) is 12.0 Å². The van der Waals surface area contributed by atoms with E-state index in [2.05, 4.69) is 13.8 Å². The van der Waals surface area contributed by atoms with E-state index in [1.165, 1.54) is 0 Å². The lowest BCUT2D eigenvalue weighted by atomic mass is 9.74. The molecule has 0 saturated heterocycles. The molecule has 0 amide bonds. The first-order valence-electron chi connectivity index (χ1n) is 5.59. The lowest BCUT2D eigenvalue weighted by molar-refractivity contribution is -0.132. The van der Waals surface area contributed by atoms with E-state index in [4.69, 9.17) is 10.4 Å². The Morgan fingerprint density at radius 1 is 1.53 bits per heavy atom. The Hall–Kier alpha value is -1.82. The predicted octanol–water partition coefficient (Wildman–Crippen LogP) is 3.21. The number of nitriles is 1. The van der Waals surface area contributed by atoms with Crippen LogP contribution >= 0.6 is 0 Å². The largest absolute Gasteiger partial charge is 0.477 e. The quantitative estimate of drug-likeness (QED) is 0.586. The molecule has 0 aromatic rings. The summed E-state index contributed by atoms with van der Waals surface area (Å²) in [6, 6.07) is 1.78. The number of nitrogens with zero attached hydrogens (tertiary/aromatic N) is 1. The average molecular weight is 231 g/mol. The Balaban J connectivity index is 3.29. The Morgan fingerprint density at radius 2 is 2.18 bits per heavy atom. The third kappa shape index (κ3) is 3.32. The molecule has 3 nitrogen and oxygen atoms in total. The molecule has 0 bridgehead atoms. The van der Waals surface area contributed by atoms with Crippen LogP contribution in [0.1, 0.15) is 33.6 Å². The number of rotatable bonds is 2. The zero-order valence-corrected chi connectivity index (χ0v) is 10.4. The summed E-state index contributed by atoms with van der Waals surface area (Å²) in [7, 11) is 0. The molecular weight excluding hydrogens is 214 g/mol. The summed E-state index contributed by atoms with van der Waals surface area (Å²) in [6.45, 7) is 6.09. The summed E-state index contributed by atoms with van der Waals surface area (Å²) in [6.07, 6.45) is 7.26. The van der Waals surface area contributed by atoms with Gasteiger partial charge < -0.3 is 5.11 Å². The first-order chi connectivity index (χ1) is 7.89. The van der Waals surface area contributed by atoms with Crippen molar-refractivity contribution in [1.82, 2.24) is 0 Å². The molecule has 3 heteroatoms. The number of carboxylic acids is 1. The monoisotopic (exact) mass is 231 g/mol. The zero-order chi connectivity index (χ0) is 13.1. The number of allylic oxidation sites excluding steroid dienone is 5. The SMILES string of the molecule is C/C=C/C1=CC(=C(\C#N)C(=O)O)/CC(C)(C)C1. The summed E-state index contributed by atoms with van der Waals surface area (Å²) in [4.78, 5) is 11.0. The minimum absolute atomic E-state index is 0.00350. The van der Waals surface area contributed by atoms with Crippen molar-refractivity contribution in [3.05, 3.63) is 34.9 Å². The van der Waals surface area contributed by atoms with Gasteiger partial charge >= 0.3 is 5.97 Å². The fourth-order valence-corrected chi connectivity index (χ4v) is 2.20. The van der Waals surface area contributed by atoms with Crippen molar-refractivity contribution in [1.29, 1.82) is 5.26 Å². The van der Waals surface area contributed by atoms with Crippen molar-refractivity contribution in [3.8, 4) is 6.07 Å². The molecular formula is C14H17NO2. The second kappa shape index (κ2) is 5.01. The molecule has 17 heavy (non-hydrogen) atoms. The Labute approximate surface area is 102 Å². The lowest BCUT2D eigenvalue weighted by Gasteiger charge is -2.30. The number of hydrogen-bond donors (Lipinski definition) is 1. The van der Waals surface area contributed by atoms with Crippen molar-refractivity contribution in [2.45, 2.75) is 33.6 Å². The summed E-state index contributed by atoms with van der Waals surface area (Å²) >= 11 is 0. The maximum Gasteiger partial charge on any atom is 0.346 e. The van der Waals surface area contributed by atoms with Gasteiger partial charge in [-0.25, -0.2) is 4.79 Å². The maximum atomic E-state index is 11.0. The summed E-state index contributed by atoms with van der Waals surface area (Å²) < 4.78 is 0. The smallest absolute Gasteiger partial charge is 0.346 e. The van der Waals surface area contributed by atoms with Crippen molar-refractivity contribution < 1.29 is 9.90 Å². The predicted molar refractivity (Wildman–Crippen MR) is 66.2 cm³/mol. The zero-order valence-electron chi connectivity index (χ0n) is 10.4. The molecule has 0 aromatic heterocycles. The van der Waals surface area contributed by atoms with E-state index in [1.54, 1.807) is 6.07 Å².